The lowest BCUT2D eigenvalue weighted by atomic mass is 10.1. The lowest BCUT2D eigenvalue weighted by molar-refractivity contribution is -0.117. The molecule has 2 aliphatic rings. The number of benzene rings is 2. The molecule has 1 saturated heterocycles. The van der Waals surface area contributed by atoms with Gasteiger partial charge in [0.1, 0.15) is 11.6 Å². The number of nitrogens with one attached hydrogen (secondary N) is 1. The van der Waals surface area contributed by atoms with E-state index in [1.807, 2.05) is 24.3 Å². The first-order valence-electron chi connectivity index (χ1n) is 10.9. The van der Waals surface area contributed by atoms with Gasteiger partial charge in [-0.25, -0.2) is 0 Å². The van der Waals surface area contributed by atoms with Gasteiger partial charge in [0.25, 0.3) is 11.8 Å². The molecule has 0 unspecified atom stereocenters. The van der Waals surface area contributed by atoms with Crippen LogP contribution in [-0.2, 0) is 16.0 Å². The summed E-state index contributed by atoms with van der Waals surface area (Å²) in [5, 5.41) is 11.7. The van der Waals surface area contributed by atoms with Crippen molar-refractivity contribution >= 4 is 45.8 Å². The third-order valence-electron chi connectivity index (χ3n) is 6.00. The van der Waals surface area contributed by atoms with Crippen LogP contribution >= 0.6 is 11.3 Å². The topological polar surface area (TPSA) is 113 Å². The second-order valence-corrected chi connectivity index (χ2v) is 9.13. The quantitative estimate of drug-likeness (QED) is 0.549. The van der Waals surface area contributed by atoms with E-state index in [0.717, 1.165) is 22.6 Å². The predicted molar refractivity (Wildman–Crippen MR) is 126 cm³/mol. The maximum absolute atomic E-state index is 12.7. The summed E-state index contributed by atoms with van der Waals surface area (Å²) in [4.78, 5) is 52.8. The summed E-state index contributed by atoms with van der Waals surface area (Å²) in [5.74, 6) is -1.64. The van der Waals surface area contributed by atoms with E-state index in [1.165, 1.54) is 11.3 Å². The summed E-state index contributed by atoms with van der Waals surface area (Å²) in [7, 11) is 0. The molecule has 4 amide bonds. The van der Waals surface area contributed by atoms with Crippen LogP contribution < -0.4 is 10.2 Å². The SMILES string of the molecule is CCc1ccccc1N1C[C@H](c2nnc(NC(=O)CN3C(=O)c4ccccc4C3=O)s2)CC1=O. The van der Waals surface area contributed by atoms with Gasteiger partial charge in [0.2, 0.25) is 16.9 Å². The van der Waals surface area contributed by atoms with E-state index in [9.17, 15) is 19.2 Å². The van der Waals surface area contributed by atoms with Crippen LogP contribution in [0.3, 0.4) is 0 Å². The zero-order valence-electron chi connectivity index (χ0n) is 18.4. The van der Waals surface area contributed by atoms with Gasteiger partial charge in [-0.2, -0.15) is 0 Å². The lowest BCUT2D eigenvalue weighted by Crippen LogP contribution is -2.37. The Morgan fingerprint density at radius 1 is 1.03 bits per heavy atom. The first kappa shape index (κ1) is 21.9. The normalized spacial score (nSPS) is 17.4. The first-order valence-corrected chi connectivity index (χ1v) is 11.7. The molecule has 0 saturated carbocycles. The van der Waals surface area contributed by atoms with Crippen molar-refractivity contribution in [3.63, 3.8) is 0 Å². The summed E-state index contributed by atoms with van der Waals surface area (Å²) in [5.41, 5.74) is 2.60. The summed E-state index contributed by atoms with van der Waals surface area (Å²) in [6.07, 6.45) is 1.14. The molecule has 2 aliphatic heterocycles. The Hall–Kier alpha value is -3.92. The minimum Gasteiger partial charge on any atom is -0.311 e. The molecule has 1 aromatic heterocycles. The van der Waals surface area contributed by atoms with Crippen LogP contribution in [0, 0.1) is 0 Å². The Kier molecular flexibility index (Phi) is 5.66. The summed E-state index contributed by atoms with van der Waals surface area (Å²) in [6.45, 7) is 2.14. The fourth-order valence-electron chi connectivity index (χ4n) is 4.31. The molecular weight excluding hydrogens is 454 g/mol. The molecule has 1 atom stereocenters. The number of hydrogen-bond donors (Lipinski definition) is 1. The molecule has 0 bridgehead atoms. The molecule has 0 aliphatic carbocycles. The molecule has 0 spiro atoms. The second-order valence-electron chi connectivity index (χ2n) is 8.12. The van der Waals surface area contributed by atoms with Crippen LogP contribution in [0.4, 0.5) is 10.8 Å². The number of carbonyl (C=O) groups is 4. The lowest BCUT2D eigenvalue weighted by Gasteiger charge is -2.19. The molecule has 34 heavy (non-hydrogen) atoms. The second kappa shape index (κ2) is 8.79. The van der Waals surface area contributed by atoms with Gasteiger partial charge >= 0.3 is 0 Å². The fourth-order valence-corrected chi connectivity index (χ4v) is 5.16. The van der Waals surface area contributed by atoms with E-state index in [4.69, 9.17) is 0 Å². The molecule has 1 N–H and O–H groups in total. The van der Waals surface area contributed by atoms with Gasteiger partial charge in [0.15, 0.2) is 0 Å². The predicted octanol–water partition coefficient (Wildman–Crippen LogP) is 2.86. The molecule has 1 fully saturated rings. The molecule has 3 aromatic rings. The number of para-hydroxylation sites is 1. The number of rotatable bonds is 6. The van der Waals surface area contributed by atoms with Gasteiger partial charge in [-0.15, -0.1) is 10.2 Å². The maximum atomic E-state index is 12.7. The van der Waals surface area contributed by atoms with Gasteiger partial charge in [0.05, 0.1) is 11.1 Å². The van der Waals surface area contributed by atoms with Crippen molar-refractivity contribution in [1.82, 2.24) is 15.1 Å². The number of hydrogen-bond acceptors (Lipinski definition) is 7. The van der Waals surface area contributed by atoms with Crippen molar-refractivity contribution < 1.29 is 19.2 Å². The Morgan fingerprint density at radius 2 is 1.71 bits per heavy atom. The number of aryl methyl sites for hydroxylation is 1. The van der Waals surface area contributed by atoms with E-state index >= 15 is 0 Å². The molecule has 172 valence electrons. The van der Waals surface area contributed by atoms with Crippen LogP contribution in [0.25, 0.3) is 0 Å². The van der Waals surface area contributed by atoms with Crippen molar-refractivity contribution in [2.24, 2.45) is 0 Å². The van der Waals surface area contributed by atoms with E-state index in [0.29, 0.717) is 29.1 Å². The Labute approximate surface area is 199 Å². The van der Waals surface area contributed by atoms with Crippen molar-refractivity contribution in [1.29, 1.82) is 0 Å². The molecular formula is C24H21N5O4S. The minimum atomic E-state index is -0.543. The van der Waals surface area contributed by atoms with Crippen LogP contribution in [0.1, 0.15) is 50.5 Å². The van der Waals surface area contributed by atoms with Gasteiger partial charge in [-0.1, -0.05) is 48.6 Å². The van der Waals surface area contributed by atoms with E-state index < -0.39 is 24.3 Å². The Bertz CT molecular complexity index is 1280. The van der Waals surface area contributed by atoms with Crippen molar-refractivity contribution in [2.75, 3.05) is 23.3 Å². The van der Waals surface area contributed by atoms with Crippen LogP contribution in [0.2, 0.25) is 0 Å². The van der Waals surface area contributed by atoms with Gasteiger partial charge in [0, 0.05) is 24.6 Å². The molecule has 0 radical (unpaired) electrons. The summed E-state index contributed by atoms with van der Waals surface area (Å²) in [6, 6.07) is 14.3. The number of aromatic nitrogens is 2. The average molecular weight is 476 g/mol. The Morgan fingerprint density at radius 3 is 2.41 bits per heavy atom. The number of imide groups is 1. The van der Waals surface area contributed by atoms with Gasteiger partial charge < -0.3 is 4.90 Å². The standard InChI is InChI=1S/C24H21N5O4S/c1-2-14-7-3-6-10-18(14)28-12-15(11-20(28)31)21-26-27-24(34-21)25-19(30)13-29-22(32)16-8-4-5-9-17(16)23(29)33/h3-10,15H,2,11-13H2,1H3,(H,25,27,30)/t15-/m1/s1. The monoisotopic (exact) mass is 475 g/mol. The smallest absolute Gasteiger partial charge is 0.262 e. The highest BCUT2D eigenvalue weighted by atomic mass is 32.1. The van der Waals surface area contributed by atoms with Crippen molar-refractivity contribution in [3.8, 4) is 0 Å². The zero-order valence-corrected chi connectivity index (χ0v) is 19.2. The van der Waals surface area contributed by atoms with Crippen molar-refractivity contribution in [3.05, 3.63) is 70.2 Å². The maximum Gasteiger partial charge on any atom is 0.262 e. The summed E-state index contributed by atoms with van der Waals surface area (Å²) >= 11 is 1.19. The molecule has 9 nitrogen and oxygen atoms in total. The van der Waals surface area contributed by atoms with Crippen LogP contribution in [0.15, 0.2) is 48.5 Å². The van der Waals surface area contributed by atoms with Crippen molar-refractivity contribution in [2.45, 2.75) is 25.7 Å². The van der Waals surface area contributed by atoms with Gasteiger partial charge in [-0.05, 0) is 30.2 Å². The highest BCUT2D eigenvalue weighted by molar-refractivity contribution is 7.15. The van der Waals surface area contributed by atoms with E-state index in [-0.39, 0.29) is 17.0 Å². The number of fused-ring (bicyclic) bond motifs is 1. The zero-order chi connectivity index (χ0) is 23.8. The van der Waals surface area contributed by atoms with Crippen LogP contribution in [-0.4, -0.2) is 51.8 Å². The molecule has 3 heterocycles. The first-order chi connectivity index (χ1) is 16.5. The third kappa shape index (κ3) is 3.86. The van der Waals surface area contributed by atoms with E-state index in [2.05, 4.69) is 22.4 Å². The highest BCUT2D eigenvalue weighted by Crippen LogP contribution is 2.35. The number of anilines is 2. The number of nitrogens with zero attached hydrogens (tertiary/aromatic N) is 4. The molecule has 5 rings (SSSR count). The third-order valence-corrected chi connectivity index (χ3v) is 7.01. The molecule has 10 heteroatoms. The highest BCUT2D eigenvalue weighted by Gasteiger charge is 2.37. The number of amides is 4. The fraction of sp³-hybridized carbons (Fsp3) is 0.250. The van der Waals surface area contributed by atoms with Crippen LogP contribution in [0.5, 0.6) is 0 Å². The minimum absolute atomic E-state index is 0.0253. The van der Waals surface area contributed by atoms with E-state index in [1.54, 1.807) is 29.2 Å². The largest absolute Gasteiger partial charge is 0.311 e. The Balaban J connectivity index is 1.24. The average Bonchev–Trinajstić information content (AvgIpc) is 3.53. The number of carbonyl (C=O) groups excluding carboxylic acids is 4. The van der Waals surface area contributed by atoms with Gasteiger partial charge in [-0.3, -0.25) is 29.4 Å². The molecule has 2 aromatic carbocycles. The summed E-state index contributed by atoms with van der Waals surface area (Å²) < 4.78 is 0.